The number of phenols is 1. The van der Waals surface area contributed by atoms with E-state index in [4.69, 9.17) is 5.73 Å². The fourth-order valence-electron chi connectivity index (χ4n) is 1.55. The molecule has 0 aliphatic rings. The Morgan fingerprint density at radius 1 is 1.22 bits per heavy atom. The van der Waals surface area contributed by atoms with E-state index in [9.17, 15) is 10.2 Å². The highest BCUT2D eigenvalue weighted by Gasteiger charge is 2.31. The minimum absolute atomic E-state index is 0. The Bertz CT molecular complexity index is 421. The van der Waals surface area contributed by atoms with E-state index in [1.165, 1.54) is 0 Å². The lowest BCUT2D eigenvalue weighted by atomic mass is 9.82. The van der Waals surface area contributed by atoms with Crippen LogP contribution in [0.4, 0.5) is 0 Å². The molecule has 4 N–H and O–H groups in total. The standard InChI is InChI=1S/C12H17I2NO2.ClH/c1-12(2,3)11(17)9(15)7-4-6(13)5-8(14)10(7)16;/h4-5,9,11,16-17H,15H2,1-3H3;1H/t9-,11-;/m0./s1. The number of phenolic OH excluding ortho intramolecular Hbond substituents is 1. The van der Waals surface area contributed by atoms with E-state index in [1.807, 2.05) is 32.9 Å². The molecule has 6 heteroatoms. The van der Waals surface area contributed by atoms with Crippen molar-refractivity contribution in [3.8, 4) is 5.75 Å². The second-order valence-electron chi connectivity index (χ2n) is 5.16. The van der Waals surface area contributed by atoms with Gasteiger partial charge in [0.25, 0.3) is 0 Å². The summed E-state index contributed by atoms with van der Waals surface area (Å²) in [5.41, 5.74) is 6.33. The Labute approximate surface area is 141 Å². The smallest absolute Gasteiger partial charge is 0.133 e. The first-order valence-corrected chi connectivity index (χ1v) is 7.42. The first-order chi connectivity index (χ1) is 7.64. The lowest BCUT2D eigenvalue weighted by molar-refractivity contribution is 0.0394. The van der Waals surface area contributed by atoms with Crippen LogP contribution < -0.4 is 5.73 Å². The molecule has 0 saturated carbocycles. The van der Waals surface area contributed by atoms with Crippen molar-refractivity contribution in [2.45, 2.75) is 32.9 Å². The quantitative estimate of drug-likeness (QED) is 0.549. The van der Waals surface area contributed by atoms with Gasteiger partial charge in [0, 0.05) is 9.13 Å². The van der Waals surface area contributed by atoms with Crippen LogP contribution in [0.15, 0.2) is 12.1 Å². The number of benzene rings is 1. The number of halogens is 3. The van der Waals surface area contributed by atoms with E-state index < -0.39 is 12.1 Å². The van der Waals surface area contributed by atoms with E-state index in [1.54, 1.807) is 0 Å². The molecule has 2 atom stereocenters. The monoisotopic (exact) mass is 497 g/mol. The van der Waals surface area contributed by atoms with E-state index in [0.717, 1.165) is 7.14 Å². The first kappa shape index (κ1) is 18.7. The van der Waals surface area contributed by atoms with Crippen LogP contribution >= 0.6 is 57.6 Å². The summed E-state index contributed by atoms with van der Waals surface area (Å²) in [5, 5.41) is 20.2. The second-order valence-corrected chi connectivity index (χ2v) is 7.57. The summed E-state index contributed by atoms with van der Waals surface area (Å²) < 4.78 is 1.75. The van der Waals surface area contributed by atoms with Gasteiger partial charge in [-0.1, -0.05) is 20.8 Å². The number of aliphatic hydroxyl groups excluding tert-OH is 1. The minimum Gasteiger partial charge on any atom is -0.506 e. The van der Waals surface area contributed by atoms with Crippen molar-refractivity contribution in [1.82, 2.24) is 0 Å². The van der Waals surface area contributed by atoms with E-state index in [-0.39, 0.29) is 23.6 Å². The SMILES string of the molecule is CC(C)(C)[C@@H](O)[C@@H](N)c1cc(I)cc(I)c1O.Cl. The van der Waals surface area contributed by atoms with Crippen molar-refractivity contribution in [1.29, 1.82) is 0 Å². The maximum absolute atomic E-state index is 10.2. The zero-order valence-electron chi connectivity index (χ0n) is 10.4. The number of hydrogen-bond acceptors (Lipinski definition) is 3. The predicted molar refractivity (Wildman–Crippen MR) is 93.2 cm³/mol. The molecule has 18 heavy (non-hydrogen) atoms. The molecule has 0 fully saturated rings. The highest BCUT2D eigenvalue weighted by atomic mass is 127. The van der Waals surface area contributed by atoms with Crippen LogP contribution in [0.2, 0.25) is 0 Å². The summed E-state index contributed by atoms with van der Waals surface area (Å²) in [4.78, 5) is 0. The molecule has 0 spiro atoms. The molecule has 1 aromatic carbocycles. The van der Waals surface area contributed by atoms with Gasteiger partial charge in [-0.3, -0.25) is 0 Å². The van der Waals surface area contributed by atoms with Crippen molar-refractivity contribution in [3.63, 3.8) is 0 Å². The van der Waals surface area contributed by atoms with Crippen molar-refractivity contribution in [2.24, 2.45) is 11.1 Å². The van der Waals surface area contributed by atoms with Gasteiger partial charge in [-0.05, 0) is 62.7 Å². The molecule has 0 aromatic heterocycles. The minimum atomic E-state index is -0.706. The summed E-state index contributed by atoms with van der Waals surface area (Å²) in [6.07, 6.45) is -0.706. The highest BCUT2D eigenvalue weighted by Crippen LogP contribution is 2.35. The molecule has 0 heterocycles. The summed E-state index contributed by atoms with van der Waals surface area (Å²) >= 11 is 4.23. The summed E-state index contributed by atoms with van der Waals surface area (Å²) in [6.45, 7) is 5.77. The van der Waals surface area contributed by atoms with Gasteiger partial charge in [0.2, 0.25) is 0 Å². The second kappa shape index (κ2) is 6.92. The lowest BCUT2D eigenvalue weighted by Gasteiger charge is -2.31. The average molecular weight is 498 g/mol. The maximum Gasteiger partial charge on any atom is 0.133 e. The van der Waals surface area contributed by atoms with Crippen LogP contribution in [-0.4, -0.2) is 16.3 Å². The molecule has 0 unspecified atom stereocenters. The number of aliphatic hydroxyl groups is 1. The molecule has 3 nitrogen and oxygen atoms in total. The largest absolute Gasteiger partial charge is 0.506 e. The molecule has 0 aliphatic heterocycles. The van der Waals surface area contributed by atoms with Crippen LogP contribution in [0, 0.1) is 12.6 Å². The summed E-state index contributed by atoms with van der Waals surface area (Å²) in [6, 6.07) is 3.10. The third-order valence-corrected chi connectivity index (χ3v) is 4.09. The first-order valence-electron chi connectivity index (χ1n) is 5.26. The number of aromatic hydroxyl groups is 1. The van der Waals surface area contributed by atoms with Gasteiger partial charge in [-0.15, -0.1) is 12.4 Å². The number of hydrogen-bond donors (Lipinski definition) is 3. The van der Waals surface area contributed by atoms with Gasteiger partial charge >= 0.3 is 0 Å². The fourth-order valence-corrected chi connectivity index (χ4v) is 3.44. The number of rotatable bonds is 2. The third-order valence-electron chi connectivity index (χ3n) is 2.64. The molecular weight excluding hydrogens is 479 g/mol. The Balaban J connectivity index is 0.00000289. The Morgan fingerprint density at radius 3 is 2.17 bits per heavy atom. The van der Waals surface area contributed by atoms with Gasteiger partial charge < -0.3 is 15.9 Å². The molecule has 0 aliphatic carbocycles. The van der Waals surface area contributed by atoms with Gasteiger partial charge in [0.15, 0.2) is 0 Å². The van der Waals surface area contributed by atoms with Crippen LogP contribution in [0.3, 0.4) is 0 Å². The van der Waals surface area contributed by atoms with Gasteiger partial charge in [0.1, 0.15) is 5.75 Å². The van der Waals surface area contributed by atoms with E-state index >= 15 is 0 Å². The maximum atomic E-state index is 10.2. The van der Waals surface area contributed by atoms with Crippen molar-refractivity contribution >= 4 is 57.6 Å². The zero-order chi connectivity index (χ0) is 13.4. The topological polar surface area (TPSA) is 66.5 Å². The normalized spacial score (nSPS) is 14.8. The van der Waals surface area contributed by atoms with Gasteiger partial charge in [0.05, 0.1) is 15.7 Å². The fraction of sp³-hybridized carbons (Fsp3) is 0.500. The van der Waals surface area contributed by atoms with Crippen LogP contribution in [0.25, 0.3) is 0 Å². The van der Waals surface area contributed by atoms with Gasteiger partial charge in [-0.25, -0.2) is 0 Å². The Morgan fingerprint density at radius 2 is 1.72 bits per heavy atom. The highest BCUT2D eigenvalue weighted by molar-refractivity contribution is 14.1. The molecule has 1 rings (SSSR count). The number of nitrogens with two attached hydrogens (primary N) is 1. The van der Waals surface area contributed by atoms with E-state index in [2.05, 4.69) is 45.2 Å². The summed E-state index contributed by atoms with van der Waals surface area (Å²) in [5.74, 6) is 0.168. The molecule has 0 radical (unpaired) electrons. The zero-order valence-corrected chi connectivity index (χ0v) is 15.6. The molecule has 104 valence electrons. The van der Waals surface area contributed by atoms with Gasteiger partial charge in [-0.2, -0.15) is 0 Å². The molecule has 0 amide bonds. The molecule has 0 saturated heterocycles. The lowest BCUT2D eigenvalue weighted by Crippen LogP contribution is -2.37. The van der Waals surface area contributed by atoms with Crippen LogP contribution in [0.5, 0.6) is 5.75 Å². The Kier molecular flexibility index (Phi) is 7.18. The molecular formula is C12H18ClI2NO2. The van der Waals surface area contributed by atoms with Crippen molar-refractivity contribution in [2.75, 3.05) is 0 Å². The predicted octanol–water partition coefficient (Wildman–Crippen LogP) is 3.43. The van der Waals surface area contributed by atoms with Crippen molar-refractivity contribution in [3.05, 3.63) is 24.8 Å². The van der Waals surface area contributed by atoms with E-state index in [0.29, 0.717) is 5.56 Å². The molecule has 0 bridgehead atoms. The summed E-state index contributed by atoms with van der Waals surface area (Å²) in [7, 11) is 0. The third kappa shape index (κ3) is 4.36. The van der Waals surface area contributed by atoms with Crippen LogP contribution in [0.1, 0.15) is 32.4 Å². The Hall–Kier alpha value is 0.690. The van der Waals surface area contributed by atoms with Crippen molar-refractivity contribution < 1.29 is 10.2 Å². The average Bonchev–Trinajstić information content (AvgIpc) is 2.20. The molecule has 1 aromatic rings. The van der Waals surface area contributed by atoms with Crippen LogP contribution in [-0.2, 0) is 0 Å².